The Bertz CT molecular complexity index is 1390. The topological polar surface area (TPSA) is 296 Å². The zero-order valence-corrected chi connectivity index (χ0v) is 38.3. The Labute approximate surface area is 357 Å². The minimum absolute atomic E-state index is 0.329. The van der Waals surface area contributed by atoms with Gasteiger partial charge >= 0.3 is 0 Å². The second-order valence-electron chi connectivity index (χ2n) is 19.7. The van der Waals surface area contributed by atoms with Crippen LogP contribution < -0.4 is 22.5 Å². The van der Waals surface area contributed by atoms with Crippen LogP contribution in [0.4, 0.5) is 0 Å². The Morgan fingerprint density at radius 3 is 1.55 bits per heavy atom. The van der Waals surface area contributed by atoms with Gasteiger partial charge in [0.25, 0.3) is 0 Å². The molecule has 0 bridgehead atoms. The van der Waals surface area contributed by atoms with Crippen molar-refractivity contribution in [1.29, 1.82) is 0 Å². The van der Waals surface area contributed by atoms with E-state index < -0.39 is 145 Å². The van der Waals surface area contributed by atoms with E-state index in [1.54, 1.807) is 27.7 Å². The van der Waals surface area contributed by atoms with Gasteiger partial charge in [0.05, 0.1) is 67.0 Å². The number of nitrogens with two attached hydrogens (primary N) is 3. The molecule has 0 aliphatic carbocycles. The summed E-state index contributed by atoms with van der Waals surface area (Å²) >= 11 is 0. The lowest BCUT2D eigenvalue weighted by atomic mass is 9.74. The van der Waals surface area contributed by atoms with Gasteiger partial charge < -0.3 is 81.6 Å². The fraction of sp³-hybridized carbons (Fsp3) is 0.952. The second kappa shape index (κ2) is 20.8. The predicted molar refractivity (Wildman–Crippen MR) is 225 cm³/mol. The highest BCUT2D eigenvalue weighted by Gasteiger charge is 2.57. The fourth-order valence-corrected chi connectivity index (χ4v) is 9.61. The smallest absolute Gasteiger partial charge is 0.217 e. The molecular formula is C42H81N5O13. The van der Waals surface area contributed by atoms with Gasteiger partial charge in [-0.3, -0.25) is 4.79 Å². The van der Waals surface area contributed by atoms with Crippen molar-refractivity contribution in [2.24, 2.45) is 39.4 Å². The monoisotopic (exact) mass is 864 g/mol. The predicted octanol–water partition coefficient (Wildman–Crippen LogP) is -0.178. The number of carbonyl (C=O) groups excluding carboxylic acids is 1. The van der Waals surface area contributed by atoms with Crippen molar-refractivity contribution in [2.75, 3.05) is 19.8 Å². The lowest BCUT2D eigenvalue weighted by Gasteiger charge is -2.54. The number of aliphatic hydroxyl groups is 6. The van der Waals surface area contributed by atoms with E-state index in [-0.39, 0.29) is 11.9 Å². The molecule has 17 unspecified atom stereocenters. The van der Waals surface area contributed by atoms with E-state index in [9.17, 15) is 35.4 Å². The number of nitrogens with one attached hydrogen (secondary N) is 1. The van der Waals surface area contributed by atoms with E-state index in [2.05, 4.69) is 10.3 Å². The minimum atomic E-state index is -1.44. The SMILES string of the molecule is CCC(C1OC(CO)C(OC(C)(C)C)C(O)C1N)C(C)(C)OC1C(CO)OC(C(CC)C(C)(C)OC2C(CO)OC(C(C)(C)CC)C(NC(C)=O)C2O)C(N=C(N)N)C1O. The van der Waals surface area contributed by atoms with Crippen LogP contribution in [0.1, 0.15) is 109 Å². The molecule has 352 valence electrons. The number of carbonyl (C=O) groups is 1. The Morgan fingerprint density at radius 2 is 1.13 bits per heavy atom. The van der Waals surface area contributed by atoms with E-state index in [4.69, 9.17) is 45.6 Å². The number of amides is 1. The maximum atomic E-state index is 12.4. The van der Waals surface area contributed by atoms with Crippen LogP contribution in [0.3, 0.4) is 0 Å². The van der Waals surface area contributed by atoms with E-state index in [0.717, 1.165) is 0 Å². The van der Waals surface area contributed by atoms with Crippen LogP contribution >= 0.6 is 0 Å². The van der Waals surface area contributed by atoms with Crippen LogP contribution in [0.15, 0.2) is 4.99 Å². The van der Waals surface area contributed by atoms with Gasteiger partial charge in [0.2, 0.25) is 5.91 Å². The Morgan fingerprint density at radius 1 is 0.700 bits per heavy atom. The lowest BCUT2D eigenvalue weighted by molar-refractivity contribution is -0.290. The quantitative estimate of drug-likeness (QED) is 0.0632. The summed E-state index contributed by atoms with van der Waals surface area (Å²) in [5, 5.41) is 70.1. The Hall–Kier alpha value is -1.78. The Kier molecular flexibility index (Phi) is 18.2. The highest BCUT2D eigenvalue weighted by molar-refractivity contribution is 5.76. The summed E-state index contributed by atoms with van der Waals surface area (Å²) in [5.41, 5.74) is 15.1. The third-order valence-corrected chi connectivity index (χ3v) is 13.0. The molecule has 18 nitrogen and oxygen atoms in total. The molecule has 0 aromatic rings. The van der Waals surface area contributed by atoms with Crippen molar-refractivity contribution in [1.82, 2.24) is 5.32 Å². The maximum absolute atomic E-state index is 12.4. The molecule has 3 rings (SSSR count). The first-order valence-corrected chi connectivity index (χ1v) is 21.6. The molecule has 0 saturated carbocycles. The third-order valence-electron chi connectivity index (χ3n) is 13.0. The number of hydrogen-bond acceptors (Lipinski definition) is 15. The van der Waals surface area contributed by atoms with Crippen LogP contribution in [0.2, 0.25) is 0 Å². The molecule has 3 saturated heterocycles. The zero-order chi connectivity index (χ0) is 45.9. The van der Waals surface area contributed by atoms with Gasteiger partial charge in [-0.1, -0.05) is 34.6 Å². The van der Waals surface area contributed by atoms with E-state index in [0.29, 0.717) is 19.3 Å². The number of aliphatic imine (C=N–C) groups is 1. The summed E-state index contributed by atoms with van der Waals surface area (Å²) in [5.74, 6) is -1.82. The molecule has 3 fully saturated rings. The average molecular weight is 864 g/mol. The van der Waals surface area contributed by atoms with Crippen molar-refractivity contribution >= 4 is 11.9 Å². The number of ether oxygens (including phenoxy) is 6. The first-order chi connectivity index (χ1) is 27.7. The summed E-state index contributed by atoms with van der Waals surface area (Å²) < 4.78 is 39.0. The standard InChI is InChI=1S/C42H81N5O13/c1-14-21(32-26(43)29(52)34(23(17-48)55-32)58-39(5,6)7)41(10,11)59-35-24(18-49)56-33(27(30(35)53)47-38(44)45)22(15-2)42(12,13)60-36-25(19-50)57-37(40(8,9)16-3)28(31(36)54)46-20(4)51/h21-37,48-50,52-54H,14-19,43H2,1-13H3,(H,46,51)(H4,44,45,47). The molecule has 0 spiro atoms. The van der Waals surface area contributed by atoms with Gasteiger partial charge in [-0.2, -0.15) is 0 Å². The van der Waals surface area contributed by atoms with Crippen molar-refractivity contribution in [3.8, 4) is 0 Å². The third kappa shape index (κ3) is 11.9. The molecule has 17 atom stereocenters. The van der Waals surface area contributed by atoms with Gasteiger partial charge in [0.1, 0.15) is 61.0 Å². The van der Waals surface area contributed by atoms with Crippen LogP contribution in [0.25, 0.3) is 0 Å². The summed E-state index contributed by atoms with van der Waals surface area (Å²) in [4.78, 5) is 16.8. The normalized spacial score (nSPS) is 37.0. The van der Waals surface area contributed by atoms with E-state index in [1.807, 2.05) is 55.4 Å². The van der Waals surface area contributed by atoms with Crippen molar-refractivity contribution in [3.63, 3.8) is 0 Å². The molecule has 18 heteroatoms. The molecule has 3 heterocycles. The van der Waals surface area contributed by atoms with Crippen LogP contribution in [0.5, 0.6) is 0 Å². The molecular weight excluding hydrogens is 782 g/mol. The first kappa shape index (κ1) is 52.6. The number of rotatable bonds is 18. The molecule has 0 aromatic heterocycles. The van der Waals surface area contributed by atoms with Gasteiger partial charge in [-0.05, 0) is 73.1 Å². The molecule has 3 aliphatic heterocycles. The van der Waals surface area contributed by atoms with Crippen molar-refractivity contribution < 1.29 is 63.9 Å². The van der Waals surface area contributed by atoms with Gasteiger partial charge in [-0.15, -0.1) is 0 Å². The summed E-state index contributed by atoms with van der Waals surface area (Å²) in [6.45, 7) is 22.2. The van der Waals surface area contributed by atoms with Crippen LogP contribution in [-0.4, -0.2) is 171 Å². The van der Waals surface area contributed by atoms with E-state index >= 15 is 0 Å². The molecule has 60 heavy (non-hydrogen) atoms. The lowest BCUT2D eigenvalue weighted by Crippen LogP contribution is -2.69. The van der Waals surface area contributed by atoms with Crippen LogP contribution in [-0.2, 0) is 33.2 Å². The number of aliphatic hydroxyl groups excluding tert-OH is 6. The minimum Gasteiger partial charge on any atom is -0.394 e. The van der Waals surface area contributed by atoms with Gasteiger partial charge in [0.15, 0.2) is 5.96 Å². The summed E-state index contributed by atoms with van der Waals surface area (Å²) in [6, 6.07) is -2.94. The Balaban J connectivity index is 1.97. The van der Waals surface area contributed by atoms with E-state index in [1.165, 1.54) is 6.92 Å². The molecule has 1 amide bonds. The van der Waals surface area contributed by atoms with Crippen molar-refractivity contribution in [3.05, 3.63) is 0 Å². The second-order valence-corrected chi connectivity index (χ2v) is 19.7. The average Bonchev–Trinajstić information content (AvgIpc) is 3.14. The maximum Gasteiger partial charge on any atom is 0.217 e. The zero-order valence-electron chi connectivity index (χ0n) is 38.3. The fourth-order valence-electron chi connectivity index (χ4n) is 9.61. The van der Waals surface area contributed by atoms with Gasteiger partial charge in [0, 0.05) is 18.8 Å². The number of nitrogens with zero attached hydrogens (tertiary/aromatic N) is 1. The van der Waals surface area contributed by atoms with Crippen molar-refractivity contribution in [2.45, 2.75) is 217 Å². The van der Waals surface area contributed by atoms with Gasteiger partial charge in [-0.25, -0.2) is 4.99 Å². The number of guanidine groups is 1. The number of hydrogen-bond donors (Lipinski definition) is 10. The highest BCUT2D eigenvalue weighted by atomic mass is 16.6. The first-order valence-electron chi connectivity index (χ1n) is 21.6. The molecule has 3 aliphatic rings. The highest BCUT2D eigenvalue weighted by Crippen LogP contribution is 2.44. The molecule has 13 N–H and O–H groups in total. The summed E-state index contributed by atoms with van der Waals surface area (Å²) in [6.07, 6.45) is -11.0. The molecule has 0 aromatic carbocycles. The largest absolute Gasteiger partial charge is 0.394 e. The van der Waals surface area contributed by atoms with Crippen LogP contribution in [0, 0.1) is 17.3 Å². The molecule has 0 radical (unpaired) electrons. The summed E-state index contributed by atoms with van der Waals surface area (Å²) in [7, 11) is 0.